The van der Waals surface area contributed by atoms with E-state index < -0.39 is 5.97 Å². The van der Waals surface area contributed by atoms with E-state index in [1.165, 1.54) is 16.8 Å². The molecule has 0 aliphatic carbocycles. The number of ether oxygens (including phenoxy) is 1. The van der Waals surface area contributed by atoms with Crippen molar-refractivity contribution in [2.75, 3.05) is 19.7 Å². The maximum absolute atomic E-state index is 13.2. The Morgan fingerprint density at radius 1 is 1.40 bits per heavy atom. The Kier molecular flexibility index (Phi) is 4.83. The van der Waals surface area contributed by atoms with E-state index in [4.69, 9.17) is 4.74 Å². The van der Waals surface area contributed by atoms with Crippen molar-refractivity contribution in [1.82, 2.24) is 14.7 Å². The number of aryl methyl sites for hydroxylation is 1. The van der Waals surface area contributed by atoms with E-state index in [-0.39, 0.29) is 29.9 Å². The van der Waals surface area contributed by atoms with Gasteiger partial charge in [-0.2, -0.15) is 5.10 Å². The number of esters is 1. The zero-order valence-corrected chi connectivity index (χ0v) is 14.2. The molecule has 0 spiro atoms. The third kappa shape index (κ3) is 3.70. The third-order valence-corrected chi connectivity index (χ3v) is 4.33. The minimum atomic E-state index is -0.527. The van der Waals surface area contributed by atoms with Crippen LogP contribution in [0.15, 0.2) is 30.5 Å². The number of halogens is 1. The summed E-state index contributed by atoms with van der Waals surface area (Å²) in [5.74, 6) is -0.723. The van der Waals surface area contributed by atoms with Gasteiger partial charge in [-0.05, 0) is 43.7 Å². The number of rotatable bonds is 5. The molecule has 1 aliphatic rings. The number of likely N-dealkylation sites (tertiary alicyclic amines) is 1. The monoisotopic (exact) mass is 345 g/mol. The summed E-state index contributed by atoms with van der Waals surface area (Å²) >= 11 is 0. The van der Waals surface area contributed by atoms with Crippen LogP contribution < -0.4 is 0 Å². The molecule has 2 aromatic rings. The predicted molar refractivity (Wildman–Crippen MR) is 88.9 cm³/mol. The van der Waals surface area contributed by atoms with Crippen LogP contribution in [-0.2, 0) is 9.53 Å². The highest BCUT2D eigenvalue weighted by Crippen LogP contribution is 2.19. The van der Waals surface area contributed by atoms with Crippen molar-refractivity contribution in [1.29, 1.82) is 0 Å². The summed E-state index contributed by atoms with van der Waals surface area (Å²) in [7, 11) is 0. The molecule has 1 saturated heterocycles. The van der Waals surface area contributed by atoms with Crippen LogP contribution in [0.1, 0.15) is 29.4 Å². The number of hydrogen-bond acceptors (Lipinski definition) is 4. The molecule has 132 valence electrons. The van der Waals surface area contributed by atoms with Crippen molar-refractivity contribution >= 4 is 11.9 Å². The van der Waals surface area contributed by atoms with Crippen molar-refractivity contribution in [2.45, 2.75) is 20.3 Å². The second-order valence-corrected chi connectivity index (χ2v) is 6.18. The second kappa shape index (κ2) is 7.04. The van der Waals surface area contributed by atoms with Gasteiger partial charge < -0.3 is 9.64 Å². The Morgan fingerprint density at radius 2 is 2.20 bits per heavy atom. The third-order valence-electron chi connectivity index (χ3n) is 4.33. The SMILES string of the molecule is CCN1C[C@H](COC(=O)c2ccn(-c3ccc(F)cc3C)n2)CC1=O. The summed E-state index contributed by atoms with van der Waals surface area (Å²) in [6.07, 6.45) is 2.04. The molecule has 2 heterocycles. The maximum atomic E-state index is 13.2. The van der Waals surface area contributed by atoms with Crippen molar-refractivity contribution in [3.05, 3.63) is 47.5 Å². The molecular weight excluding hydrogens is 325 g/mol. The highest BCUT2D eigenvalue weighted by Gasteiger charge is 2.29. The van der Waals surface area contributed by atoms with Gasteiger partial charge >= 0.3 is 5.97 Å². The molecule has 6 nitrogen and oxygen atoms in total. The lowest BCUT2D eigenvalue weighted by molar-refractivity contribution is -0.127. The summed E-state index contributed by atoms with van der Waals surface area (Å²) in [4.78, 5) is 25.6. The van der Waals surface area contributed by atoms with Gasteiger partial charge in [0.05, 0.1) is 12.3 Å². The number of benzene rings is 1. The molecule has 0 saturated carbocycles. The van der Waals surface area contributed by atoms with Gasteiger partial charge in [-0.15, -0.1) is 0 Å². The lowest BCUT2D eigenvalue weighted by Gasteiger charge is -2.13. The first-order chi connectivity index (χ1) is 12.0. The molecule has 0 bridgehead atoms. The number of nitrogens with zero attached hydrogens (tertiary/aromatic N) is 3. The Hall–Kier alpha value is -2.70. The van der Waals surface area contributed by atoms with Gasteiger partial charge in [0.1, 0.15) is 5.82 Å². The summed E-state index contributed by atoms with van der Waals surface area (Å²) < 4.78 is 20.0. The molecule has 7 heteroatoms. The highest BCUT2D eigenvalue weighted by atomic mass is 19.1. The first kappa shape index (κ1) is 17.1. The van der Waals surface area contributed by atoms with Gasteiger partial charge in [0.25, 0.3) is 0 Å². The quantitative estimate of drug-likeness (QED) is 0.781. The zero-order chi connectivity index (χ0) is 18.0. The van der Waals surface area contributed by atoms with E-state index in [9.17, 15) is 14.0 Å². The Balaban J connectivity index is 1.62. The molecule has 1 aromatic carbocycles. The van der Waals surface area contributed by atoms with Crippen LogP contribution in [0.3, 0.4) is 0 Å². The molecule has 25 heavy (non-hydrogen) atoms. The lowest BCUT2D eigenvalue weighted by Crippen LogP contribution is -2.25. The topological polar surface area (TPSA) is 64.4 Å². The summed E-state index contributed by atoms with van der Waals surface area (Å²) in [6, 6.07) is 5.92. The van der Waals surface area contributed by atoms with Crippen molar-refractivity contribution < 1.29 is 18.7 Å². The fraction of sp³-hybridized carbons (Fsp3) is 0.389. The van der Waals surface area contributed by atoms with Crippen LogP contribution in [0.25, 0.3) is 5.69 Å². The van der Waals surface area contributed by atoms with Crippen LogP contribution in [0, 0.1) is 18.7 Å². The number of aromatic nitrogens is 2. The fourth-order valence-corrected chi connectivity index (χ4v) is 2.98. The summed E-state index contributed by atoms with van der Waals surface area (Å²) in [5, 5.41) is 4.20. The average Bonchev–Trinajstić information content (AvgIpc) is 3.19. The van der Waals surface area contributed by atoms with Gasteiger partial charge in [-0.1, -0.05) is 0 Å². The number of amides is 1. The number of carbonyl (C=O) groups is 2. The molecule has 1 aliphatic heterocycles. The summed E-state index contributed by atoms with van der Waals surface area (Å²) in [6.45, 7) is 5.19. The second-order valence-electron chi connectivity index (χ2n) is 6.18. The predicted octanol–water partition coefficient (Wildman–Crippen LogP) is 2.35. The molecule has 1 amide bonds. The lowest BCUT2D eigenvalue weighted by atomic mass is 10.1. The molecule has 3 rings (SSSR count). The van der Waals surface area contributed by atoms with Gasteiger partial charge in [-0.25, -0.2) is 13.9 Å². The molecule has 1 fully saturated rings. The number of carbonyl (C=O) groups excluding carboxylic acids is 2. The molecule has 1 atom stereocenters. The van der Waals surface area contributed by atoms with E-state index in [1.54, 1.807) is 30.2 Å². The van der Waals surface area contributed by atoms with Crippen LogP contribution in [-0.4, -0.2) is 46.3 Å². The first-order valence-electron chi connectivity index (χ1n) is 8.25. The Bertz CT molecular complexity index is 803. The van der Waals surface area contributed by atoms with Crippen molar-refractivity contribution in [3.8, 4) is 5.69 Å². The van der Waals surface area contributed by atoms with Crippen LogP contribution in [0.5, 0.6) is 0 Å². The minimum absolute atomic E-state index is 0.0258. The highest BCUT2D eigenvalue weighted by molar-refractivity contribution is 5.87. The van der Waals surface area contributed by atoms with E-state index in [0.717, 1.165) is 0 Å². The number of hydrogen-bond donors (Lipinski definition) is 0. The largest absolute Gasteiger partial charge is 0.461 e. The fourth-order valence-electron chi connectivity index (χ4n) is 2.98. The van der Waals surface area contributed by atoms with Crippen molar-refractivity contribution in [2.24, 2.45) is 5.92 Å². The van der Waals surface area contributed by atoms with Crippen LogP contribution in [0.4, 0.5) is 4.39 Å². The van der Waals surface area contributed by atoms with E-state index in [0.29, 0.717) is 30.8 Å². The standard InChI is InChI=1S/C18H20FN3O3/c1-3-21-10-13(9-17(21)23)11-25-18(24)15-6-7-22(20-15)16-5-4-14(19)8-12(16)2/h4-8,13H,3,9-11H2,1-2H3/t13-/m1/s1. The van der Waals surface area contributed by atoms with Gasteiger partial charge in [-0.3, -0.25) is 4.79 Å². The Labute approximate surface area is 145 Å². The van der Waals surface area contributed by atoms with Gasteiger partial charge in [0.15, 0.2) is 5.69 Å². The molecule has 0 radical (unpaired) electrons. The van der Waals surface area contributed by atoms with E-state index in [2.05, 4.69) is 5.10 Å². The smallest absolute Gasteiger partial charge is 0.358 e. The first-order valence-corrected chi connectivity index (χ1v) is 8.25. The van der Waals surface area contributed by atoms with Crippen LogP contribution >= 0.6 is 0 Å². The normalized spacial score (nSPS) is 17.2. The molecule has 1 aromatic heterocycles. The van der Waals surface area contributed by atoms with Crippen LogP contribution in [0.2, 0.25) is 0 Å². The molecular formula is C18H20FN3O3. The maximum Gasteiger partial charge on any atom is 0.358 e. The van der Waals surface area contributed by atoms with E-state index in [1.807, 2.05) is 6.92 Å². The molecule has 0 N–H and O–H groups in total. The van der Waals surface area contributed by atoms with Gasteiger partial charge in [0, 0.05) is 31.6 Å². The minimum Gasteiger partial charge on any atom is -0.461 e. The summed E-state index contributed by atoms with van der Waals surface area (Å²) in [5.41, 5.74) is 1.59. The Morgan fingerprint density at radius 3 is 2.88 bits per heavy atom. The van der Waals surface area contributed by atoms with Gasteiger partial charge in [0.2, 0.25) is 5.91 Å². The zero-order valence-electron chi connectivity index (χ0n) is 14.2. The molecule has 0 unspecified atom stereocenters. The van der Waals surface area contributed by atoms with E-state index >= 15 is 0 Å². The van der Waals surface area contributed by atoms with Crippen molar-refractivity contribution in [3.63, 3.8) is 0 Å². The average molecular weight is 345 g/mol.